The highest BCUT2D eigenvalue weighted by Crippen LogP contribution is 2.71. The largest absolute Gasteiger partial charge is 0.396 e. The monoisotopic (exact) mass is 668 g/mol. The highest BCUT2D eigenvalue weighted by Gasteiger charge is 2.75. The molecule has 0 aromatic carbocycles. The van der Waals surface area contributed by atoms with Gasteiger partial charge in [0.15, 0.2) is 5.78 Å². The van der Waals surface area contributed by atoms with E-state index in [0.717, 1.165) is 49.7 Å². The van der Waals surface area contributed by atoms with E-state index >= 15 is 0 Å². The first-order valence-corrected chi connectivity index (χ1v) is 18.7. The molecule has 7 aliphatic rings. The minimum absolute atomic E-state index is 0.0346. The molecule has 268 valence electrons. The maximum Gasteiger partial charge on any atom is 0.159 e. The minimum Gasteiger partial charge on any atom is -0.396 e. The van der Waals surface area contributed by atoms with E-state index in [0.29, 0.717) is 57.0 Å². The number of aliphatic hydroxyl groups is 4. The van der Waals surface area contributed by atoms with E-state index in [4.69, 9.17) is 15.2 Å². The lowest BCUT2D eigenvalue weighted by atomic mass is 9.45. The number of carbonyl (C=O) groups excluding carboxylic acids is 1. The number of epoxide rings is 1. The van der Waals surface area contributed by atoms with Crippen molar-refractivity contribution in [3.05, 3.63) is 35.2 Å². The van der Waals surface area contributed by atoms with E-state index in [-0.39, 0.29) is 41.7 Å². The molecule has 3 aliphatic heterocycles. The Morgan fingerprint density at radius 2 is 1.85 bits per heavy atom. The summed E-state index contributed by atoms with van der Waals surface area (Å²) in [6.45, 7) is 11.5. The smallest absolute Gasteiger partial charge is 0.159 e. The van der Waals surface area contributed by atoms with Crippen LogP contribution in [0.25, 0.3) is 0 Å². The molecule has 7 rings (SSSR count). The number of nitrogens with two attached hydrogens (primary N) is 1. The first-order valence-electron chi connectivity index (χ1n) is 18.7. The van der Waals surface area contributed by atoms with Crippen molar-refractivity contribution in [3.63, 3.8) is 0 Å². The Morgan fingerprint density at radius 1 is 1.08 bits per heavy atom. The van der Waals surface area contributed by atoms with E-state index < -0.39 is 39.8 Å². The van der Waals surface area contributed by atoms with Crippen LogP contribution in [-0.4, -0.2) is 81.1 Å². The molecule has 9 nitrogen and oxygen atoms in total. The molecule has 0 unspecified atom stereocenters. The van der Waals surface area contributed by atoms with Crippen LogP contribution in [-0.2, 0) is 14.3 Å². The predicted octanol–water partition coefficient (Wildman–Crippen LogP) is 4.03. The van der Waals surface area contributed by atoms with Crippen molar-refractivity contribution < 1.29 is 34.7 Å². The molecule has 0 bridgehead atoms. The van der Waals surface area contributed by atoms with Gasteiger partial charge in [-0.3, -0.25) is 4.79 Å². The van der Waals surface area contributed by atoms with Crippen molar-refractivity contribution in [3.8, 4) is 0 Å². The van der Waals surface area contributed by atoms with E-state index in [1.807, 2.05) is 19.9 Å². The molecule has 0 spiro atoms. The summed E-state index contributed by atoms with van der Waals surface area (Å²) in [7, 11) is 0. The summed E-state index contributed by atoms with van der Waals surface area (Å²) >= 11 is 0. The molecule has 5 fully saturated rings. The van der Waals surface area contributed by atoms with Crippen LogP contribution in [0.4, 0.5) is 0 Å². The maximum atomic E-state index is 13.7. The first kappa shape index (κ1) is 34.7. The average molecular weight is 669 g/mol. The van der Waals surface area contributed by atoms with Crippen molar-refractivity contribution in [2.45, 2.75) is 140 Å². The van der Waals surface area contributed by atoms with Crippen LogP contribution in [0.1, 0.15) is 105 Å². The van der Waals surface area contributed by atoms with Crippen molar-refractivity contribution in [1.82, 2.24) is 5.32 Å². The number of hydrogen-bond donors (Lipinski definition) is 6. The molecule has 0 aromatic heterocycles. The highest BCUT2D eigenvalue weighted by atomic mass is 16.6. The van der Waals surface area contributed by atoms with E-state index in [9.17, 15) is 25.2 Å². The molecule has 7 N–H and O–H groups in total. The van der Waals surface area contributed by atoms with Crippen LogP contribution in [0, 0.1) is 39.9 Å². The van der Waals surface area contributed by atoms with E-state index in [2.05, 4.69) is 32.2 Å². The number of nitrogens with one attached hydrogen (secondary N) is 1. The number of carbonyl (C=O) groups is 1. The fraction of sp³-hybridized carbons (Fsp3) is 0.821. The molecule has 4 aliphatic carbocycles. The summed E-state index contributed by atoms with van der Waals surface area (Å²) in [5, 5.41) is 49.6. The molecule has 0 aromatic rings. The third-order valence-corrected chi connectivity index (χ3v) is 15.4. The standard InChI is InChI=1S/C39H60N2O7/c1-23-11-17-47-38(21-23,33-32(48-33)37(5,45)34(2,22-42)12-6-24-10-16-41-31(40)18-24)30-9-15-39(46)27-20-29(44)28-19-25(43)7-13-35(28,3)26(27)8-14-36(30,39)4/h10,18,20,23,25-26,28,30,32-33,41-43,45-46H,6-9,11-17,19,21-22,40H2,1-5H3/t23-,25-,26-,28-,30-,32-,33-,34-,35+,36+,37-,38+,39+/m0/s1. The second kappa shape index (κ2) is 11.6. The van der Waals surface area contributed by atoms with Gasteiger partial charge in [-0.1, -0.05) is 33.8 Å². The second-order valence-corrected chi connectivity index (χ2v) is 18.0. The molecule has 2 saturated heterocycles. The SMILES string of the molecule is C[C@H]1CCO[C@]([C@H]2CC[C@@]3(O)C4=CC(=O)[C@@H]5C[C@@H](O)CC[C@]5(C)[C@H]4CC[C@]23C)([C@H]2O[C@@H]2[C@](C)(O)[C@](C)(CO)CCC2=CCNC(N)=C2)C1. The van der Waals surface area contributed by atoms with Crippen LogP contribution in [0.2, 0.25) is 0 Å². The van der Waals surface area contributed by atoms with Gasteiger partial charge in [-0.2, -0.15) is 0 Å². The van der Waals surface area contributed by atoms with Gasteiger partial charge in [0.1, 0.15) is 17.8 Å². The second-order valence-electron chi connectivity index (χ2n) is 18.0. The molecular weight excluding hydrogens is 608 g/mol. The average Bonchev–Trinajstić information content (AvgIpc) is 3.81. The van der Waals surface area contributed by atoms with Crippen LogP contribution >= 0.6 is 0 Å². The number of dihydropyridines is 1. The summed E-state index contributed by atoms with van der Waals surface area (Å²) < 4.78 is 13.6. The molecular formula is C39H60N2O7. The van der Waals surface area contributed by atoms with Gasteiger partial charge in [-0.05, 0) is 124 Å². The normalized spacial score (nSPS) is 48.0. The number of aliphatic hydroxyl groups excluding tert-OH is 2. The van der Waals surface area contributed by atoms with Gasteiger partial charge in [0.2, 0.25) is 0 Å². The molecule has 3 heterocycles. The Hall–Kier alpha value is -1.75. The Balaban J connectivity index is 1.19. The lowest BCUT2D eigenvalue weighted by molar-refractivity contribution is -0.193. The summed E-state index contributed by atoms with van der Waals surface area (Å²) in [6, 6.07) is 0. The van der Waals surface area contributed by atoms with Gasteiger partial charge in [0.05, 0.1) is 29.7 Å². The third-order valence-electron chi connectivity index (χ3n) is 15.4. The molecule has 3 saturated carbocycles. The number of ketones is 1. The van der Waals surface area contributed by atoms with Crippen molar-refractivity contribution in [2.75, 3.05) is 19.8 Å². The maximum absolute atomic E-state index is 13.7. The topological polar surface area (TPSA) is 158 Å². The third kappa shape index (κ3) is 4.95. The van der Waals surface area contributed by atoms with Crippen molar-refractivity contribution >= 4 is 5.78 Å². The Kier molecular flexibility index (Phi) is 8.41. The van der Waals surface area contributed by atoms with Crippen LogP contribution in [0.5, 0.6) is 0 Å². The van der Waals surface area contributed by atoms with Gasteiger partial charge < -0.3 is 41.0 Å². The zero-order valence-electron chi connectivity index (χ0n) is 29.8. The highest BCUT2D eigenvalue weighted by molar-refractivity contribution is 5.95. The van der Waals surface area contributed by atoms with Crippen molar-refractivity contribution in [2.24, 2.45) is 45.7 Å². The summed E-state index contributed by atoms with van der Waals surface area (Å²) in [5.74, 6) is 0.955. The molecule has 0 radical (unpaired) electrons. The molecule has 13 atom stereocenters. The summed E-state index contributed by atoms with van der Waals surface area (Å²) in [4.78, 5) is 13.7. The Morgan fingerprint density at radius 3 is 2.56 bits per heavy atom. The van der Waals surface area contributed by atoms with Gasteiger partial charge in [0.25, 0.3) is 0 Å². The van der Waals surface area contributed by atoms with Gasteiger partial charge in [-0.15, -0.1) is 0 Å². The van der Waals surface area contributed by atoms with E-state index in [1.54, 1.807) is 6.08 Å². The molecule has 0 amide bonds. The van der Waals surface area contributed by atoms with E-state index in [1.165, 1.54) is 0 Å². The Labute approximate surface area is 286 Å². The number of ether oxygens (including phenoxy) is 2. The fourth-order valence-corrected chi connectivity index (χ4v) is 11.8. The van der Waals surface area contributed by atoms with Gasteiger partial charge in [-0.25, -0.2) is 0 Å². The van der Waals surface area contributed by atoms with Crippen molar-refractivity contribution in [1.29, 1.82) is 0 Å². The zero-order valence-corrected chi connectivity index (χ0v) is 29.8. The predicted molar refractivity (Wildman–Crippen MR) is 182 cm³/mol. The lowest BCUT2D eigenvalue weighted by Crippen LogP contribution is -2.63. The molecule has 48 heavy (non-hydrogen) atoms. The zero-order chi connectivity index (χ0) is 34.5. The fourth-order valence-electron chi connectivity index (χ4n) is 11.8. The Bertz CT molecular complexity index is 1410. The quantitative estimate of drug-likeness (QED) is 0.210. The lowest BCUT2D eigenvalue weighted by Gasteiger charge is -2.61. The number of allylic oxidation sites excluding steroid dienone is 3. The minimum atomic E-state index is -1.34. The molecule has 9 heteroatoms. The van der Waals surface area contributed by atoms with Crippen LogP contribution < -0.4 is 11.1 Å². The first-order chi connectivity index (χ1) is 22.5. The van der Waals surface area contributed by atoms with Gasteiger partial charge >= 0.3 is 0 Å². The number of fused-ring (bicyclic) bond motifs is 5. The summed E-state index contributed by atoms with van der Waals surface area (Å²) in [6.07, 6.45) is 12.4. The number of hydrogen-bond acceptors (Lipinski definition) is 9. The summed E-state index contributed by atoms with van der Waals surface area (Å²) in [5.41, 5.74) is 3.18. The number of rotatable bonds is 8. The van der Waals surface area contributed by atoms with Gasteiger partial charge in [0, 0.05) is 29.9 Å². The van der Waals surface area contributed by atoms with Crippen LogP contribution in [0.15, 0.2) is 35.2 Å². The van der Waals surface area contributed by atoms with Crippen LogP contribution in [0.3, 0.4) is 0 Å².